The Balaban J connectivity index is 2.08. The summed E-state index contributed by atoms with van der Waals surface area (Å²) in [6, 6.07) is 1.94. The van der Waals surface area contributed by atoms with Crippen molar-refractivity contribution in [3.05, 3.63) is 23.5 Å². The number of aliphatic imine (C=N–C) groups is 1. The maximum absolute atomic E-state index is 11.7. The van der Waals surface area contributed by atoms with Crippen molar-refractivity contribution in [1.29, 1.82) is 0 Å². The summed E-state index contributed by atoms with van der Waals surface area (Å²) in [7, 11) is 0. The van der Waals surface area contributed by atoms with Crippen LogP contribution in [0.15, 0.2) is 22.2 Å². The molecule has 0 saturated heterocycles. The molecule has 6 nitrogen and oxygen atoms in total. The minimum Gasteiger partial charge on any atom is -0.475 e. The average molecular weight is 351 g/mol. The lowest BCUT2D eigenvalue weighted by molar-refractivity contribution is 0.0523. The van der Waals surface area contributed by atoms with E-state index < -0.39 is 11.7 Å². The van der Waals surface area contributed by atoms with Crippen LogP contribution in [-0.4, -0.2) is 41.0 Å². The zero-order valence-corrected chi connectivity index (χ0v) is 15.9. The molecule has 1 aromatic heterocycles. The lowest BCUT2D eigenvalue weighted by atomic mass is 10.1. The number of rotatable bonds is 4. The van der Waals surface area contributed by atoms with Crippen LogP contribution < -0.4 is 5.32 Å². The van der Waals surface area contributed by atoms with Crippen molar-refractivity contribution in [3.8, 4) is 0 Å². The van der Waals surface area contributed by atoms with Crippen LogP contribution in [0.5, 0.6) is 0 Å². The van der Waals surface area contributed by atoms with Gasteiger partial charge in [0.25, 0.3) is 0 Å². The van der Waals surface area contributed by atoms with E-state index in [1.54, 1.807) is 18.0 Å². The van der Waals surface area contributed by atoms with E-state index in [4.69, 9.17) is 9.47 Å². The van der Waals surface area contributed by atoms with E-state index in [9.17, 15) is 4.79 Å². The summed E-state index contributed by atoms with van der Waals surface area (Å²) in [6.45, 7) is 10.4. The molecule has 1 aliphatic heterocycles. The van der Waals surface area contributed by atoms with E-state index in [1.165, 1.54) is 0 Å². The maximum Gasteiger partial charge on any atom is 0.407 e. The molecule has 0 fully saturated rings. The van der Waals surface area contributed by atoms with Gasteiger partial charge in [0.2, 0.25) is 5.90 Å². The van der Waals surface area contributed by atoms with Gasteiger partial charge in [-0.3, -0.25) is 4.98 Å². The van der Waals surface area contributed by atoms with Crippen LogP contribution in [0.4, 0.5) is 4.79 Å². The summed E-state index contributed by atoms with van der Waals surface area (Å²) in [5.41, 5.74) is 0.916. The van der Waals surface area contributed by atoms with Gasteiger partial charge >= 0.3 is 6.09 Å². The predicted octanol–water partition coefficient (Wildman–Crippen LogP) is 3.38. The number of alkyl carbamates (subject to hydrolysis) is 1. The molecule has 1 aromatic rings. The zero-order chi connectivity index (χ0) is 18.0. The van der Waals surface area contributed by atoms with E-state index in [0.717, 1.165) is 16.2 Å². The van der Waals surface area contributed by atoms with Crippen LogP contribution in [-0.2, 0) is 16.0 Å². The summed E-state index contributed by atoms with van der Waals surface area (Å²) < 4.78 is 10.9. The fraction of sp³-hybridized carbons (Fsp3) is 0.588. The van der Waals surface area contributed by atoms with Crippen molar-refractivity contribution in [2.24, 2.45) is 4.99 Å². The minimum atomic E-state index is -0.517. The molecular weight excluding hydrogens is 326 g/mol. The second-order valence-corrected chi connectivity index (χ2v) is 8.10. The molecule has 0 unspecified atom stereocenters. The van der Waals surface area contributed by atoms with E-state index in [1.807, 2.05) is 46.9 Å². The first kappa shape index (κ1) is 18.6. The van der Waals surface area contributed by atoms with Gasteiger partial charge in [-0.05, 0) is 46.9 Å². The third-order valence-corrected chi connectivity index (χ3v) is 3.93. The van der Waals surface area contributed by atoms with Gasteiger partial charge in [-0.1, -0.05) is 0 Å². The first-order valence-corrected chi connectivity index (χ1v) is 9.05. The van der Waals surface area contributed by atoms with Crippen LogP contribution >= 0.6 is 11.8 Å². The molecule has 0 spiro atoms. The molecule has 24 heavy (non-hydrogen) atoms. The molecule has 0 bridgehead atoms. The summed E-state index contributed by atoms with van der Waals surface area (Å²) in [6.07, 6.45) is 3.28. The standard InChI is InChI=1S/C17H25N3O3S/c1-16(2,3)23-15(21)19-8-11-7-13(24-6)12(9-18-11)14-20-17(4,5)10-22-14/h7,9H,8,10H2,1-6H3,(H,19,21). The number of nitrogens with one attached hydrogen (secondary N) is 1. The minimum absolute atomic E-state index is 0.206. The molecule has 2 rings (SSSR count). The van der Waals surface area contributed by atoms with Crippen LogP contribution in [0, 0.1) is 0 Å². The van der Waals surface area contributed by atoms with Crippen molar-refractivity contribution >= 4 is 23.8 Å². The van der Waals surface area contributed by atoms with Crippen molar-refractivity contribution < 1.29 is 14.3 Å². The van der Waals surface area contributed by atoms with Gasteiger partial charge < -0.3 is 14.8 Å². The van der Waals surface area contributed by atoms with Gasteiger partial charge in [0, 0.05) is 11.1 Å². The fourth-order valence-electron chi connectivity index (χ4n) is 2.10. The second kappa shape index (κ2) is 7.01. The summed E-state index contributed by atoms with van der Waals surface area (Å²) in [5.74, 6) is 0.628. The number of carbonyl (C=O) groups is 1. The fourth-order valence-corrected chi connectivity index (χ4v) is 2.72. The SMILES string of the molecule is CSc1cc(CNC(=O)OC(C)(C)C)ncc1C1=NC(C)(C)CO1. The number of hydrogen-bond donors (Lipinski definition) is 1. The first-order valence-electron chi connectivity index (χ1n) is 7.82. The second-order valence-electron chi connectivity index (χ2n) is 7.25. The number of thioether (sulfide) groups is 1. The Bertz CT molecular complexity index is 651. The van der Waals surface area contributed by atoms with E-state index in [0.29, 0.717) is 19.0 Å². The molecule has 7 heteroatoms. The smallest absolute Gasteiger partial charge is 0.407 e. The van der Waals surface area contributed by atoms with Crippen LogP contribution in [0.25, 0.3) is 0 Å². The lowest BCUT2D eigenvalue weighted by Gasteiger charge is -2.19. The highest BCUT2D eigenvalue weighted by molar-refractivity contribution is 7.98. The van der Waals surface area contributed by atoms with Crippen LogP contribution in [0.1, 0.15) is 45.9 Å². The molecule has 0 saturated carbocycles. The highest BCUT2D eigenvalue weighted by Gasteiger charge is 2.28. The number of amides is 1. The Morgan fingerprint density at radius 2 is 2.17 bits per heavy atom. The van der Waals surface area contributed by atoms with E-state index >= 15 is 0 Å². The number of ether oxygens (including phenoxy) is 2. The molecule has 1 N–H and O–H groups in total. The summed E-state index contributed by atoms with van der Waals surface area (Å²) in [5, 5.41) is 2.71. The molecular formula is C17H25N3O3S. The average Bonchev–Trinajstić information content (AvgIpc) is 2.83. The highest BCUT2D eigenvalue weighted by Crippen LogP contribution is 2.27. The quantitative estimate of drug-likeness (QED) is 0.842. The Labute approximate surface area is 147 Å². The lowest BCUT2D eigenvalue weighted by Crippen LogP contribution is -2.32. The number of nitrogens with zero attached hydrogens (tertiary/aromatic N) is 2. The topological polar surface area (TPSA) is 72.8 Å². The van der Waals surface area contributed by atoms with Crippen molar-refractivity contribution in [3.63, 3.8) is 0 Å². The largest absolute Gasteiger partial charge is 0.475 e. The Hall–Kier alpha value is -1.76. The molecule has 0 radical (unpaired) electrons. The summed E-state index contributed by atoms with van der Waals surface area (Å²) >= 11 is 1.60. The Morgan fingerprint density at radius 3 is 2.71 bits per heavy atom. The van der Waals surface area contributed by atoms with Crippen LogP contribution in [0.3, 0.4) is 0 Å². The highest BCUT2D eigenvalue weighted by atomic mass is 32.2. The van der Waals surface area contributed by atoms with Crippen molar-refractivity contribution in [2.75, 3.05) is 12.9 Å². The number of hydrogen-bond acceptors (Lipinski definition) is 6. The third-order valence-electron chi connectivity index (χ3n) is 3.15. The molecule has 1 aliphatic rings. The van der Waals surface area contributed by atoms with Gasteiger partial charge in [0.05, 0.1) is 23.3 Å². The molecule has 0 aromatic carbocycles. The molecule has 2 heterocycles. The Morgan fingerprint density at radius 1 is 1.46 bits per heavy atom. The van der Waals surface area contributed by atoms with Gasteiger partial charge in [-0.2, -0.15) is 0 Å². The van der Waals surface area contributed by atoms with Gasteiger partial charge in [0.15, 0.2) is 0 Å². The number of carbonyl (C=O) groups excluding carboxylic acids is 1. The van der Waals surface area contributed by atoms with E-state index in [2.05, 4.69) is 15.3 Å². The number of aromatic nitrogens is 1. The van der Waals surface area contributed by atoms with Crippen molar-refractivity contribution in [2.45, 2.75) is 57.2 Å². The maximum atomic E-state index is 11.7. The first-order chi connectivity index (χ1) is 11.1. The van der Waals surface area contributed by atoms with Gasteiger partial charge in [-0.15, -0.1) is 11.8 Å². The molecule has 132 valence electrons. The normalized spacial score (nSPS) is 16.3. The molecule has 1 amide bonds. The summed E-state index contributed by atoms with van der Waals surface area (Å²) in [4.78, 5) is 21.7. The Kier molecular flexibility index (Phi) is 5.42. The van der Waals surface area contributed by atoms with Gasteiger partial charge in [0.1, 0.15) is 12.2 Å². The third kappa shape index (κ3) is 5.12. The number of pyridine rings is 1. The predicted molar refractivity (Wildman–Crippen MR) is 95.7 cm³/mol. The van der Waals surface area contributed by atoms with Crippen molar-refractivity contribution in [1.82, 2.24) is 10.3 Å². The molecule has 0 aliphatic carbocycles. The molecule has 0 atom stereocenters. The monoisotopic (exact) mass is 351 g/mol. The van der Waals surface area contributed by atoms with Gasteiger partial charge in [-0.25, -0.2) is 9.79 Å². The van der Waals surface area contributed by atoms with E-state index in [-0.39, 0.29) is 5.54 Å². The zero-order valence-electron chi connectivity index (χ0n) is 15.1. The van der Waals surface area contributed by atoms with Crippen LogP contribution in [0.2, 0.25) is 0 Å².